The summed E-state index contributed by atoms with van der Waals surface area (Å²) in [6.07, 6.45) is 0.120. The molecule has 118 valence electrons. The maximum atomic E-state index is 12.0. The second-order valence-corrected chi connectivity index (χ2v) is 5.14. The molecule has 0 bridgehead atoms. The number of likely N-dealkylation sites (tertiary alicyclic amines) is 1. The quantitative estimate of drug-likeness (QED) is 0.440. The van der Waals surface area contributed by atoms with Crippen LogP contribution in [0, 0.1) is 0 Å². The molecule has 2 atom stereocenters. The van der Waals surface area contributed by atoms with Crippen molar-refractivity contribution < 1.29 is 34.5 Å². The van der Waals surface area contributed by atoms with Crippen LogP contribution < -0.4 is 5.73 Å². The Morgan fingerprint density at radius 3 is 2.14 bits per heavy atom. The van der Waals surface area contributed by atoms with E-state index in [0.717, 1.165) is 4.90 Å². The highest BCUT2D eigenvalue weighted by Gasteiger charge is 2.51. The zero-order valence-corrected chi connectivity index (χ0v) is 11.3. The number of nitrogens with two attached hydrogens (primary N) is 1. The Kier molecular flexibility index (Phi) is 5.25. The van der Waals surface area contributed by atoms with E-state index in [1.54, 1.807) is 0 Å². The molecular formula is C12H18N2O7. The number of unbranched alkanes of at least 4 members (excludes halogenated alkanes) is 1. The molecule has 1 fully saturated rings. The Bertz CT molecular complexity index is 465. The number of amides is 1. The number of hydrogen-bond donors (Lipinski definition) is 4. The van der Waals surface area contributed by atoms with Gasteiger partial charge in [0.1, 0.15) is 11.6 Å². The molecule has 9 heteroatoms. The number of carboxylic acid groups (broad SMARTS) is 3. The van der Waals surface area contributed by atoms with Gasteiger partial charge in [0.05, 0.1) is 6.54 Å². The first-order valence-corrected chi connectivity index (χ1v) is 6.44. The number of carboxylic acids is 3. The lowest BCUT2D eigenvalue weighted by atomic mass is 9.98. The van der Waals surface area contributed by atoms with Crippen molar-refractivity contribution in [1.29, 1.82) is 0 Å². The molecule has 0 aromatic carbocycles. The van der Waals surface area contributed by atoms with Crippen molar-refractivity contribution in [3.63, 3.8) is 0 Å². The summed E-state index contributed by atoms with van der Waals surface area (Å²) >= 11 is 0. The summed E-state index contributed by atoms with van der Waals surface area (Å²) in [5.41, 5.74) is 3.85. The third kappa shape index (κ3) is 4.15. The zero-order valence-electron chi connectivity index (χ0n) is 11.3. The van der Waals surface area contributed by atoms with Gasteiger partial charge in [-0.3, -0.25) is 14.4 Å². The van der Waals surface area contributed by atoms with Crippen molar-refractivity contribution in [3.8, 4) is 0 Å². The van der Waals surface area contributed by atoms with Crippen LogP contribution >= 0.6 is 0 Å². The molecule has 0 saturated carbocycles. The van der Waals surface area contributed by atoms with Crippen molar-refractivity contribution in [3.05, 3.63) is 0 Å². The molecule has 5 N–H and O–H groups in total. The molecule has 0 aromatic heterocycles. The van der Waals surface area contributed by atoms with Crippen LogP contribution in [0.2, 0.25) is 0 Å². The number of nitrogens with zero attached hydrogens (tertiary/aromatic N) is 1. The van der Waals surface area contributed by atoms with E-state index in [1.807, 2.05) is 0 Å². The highest BCUT2D eigenvalue weighted by Crippen LogP contribution is 2.27. The number of rotatable bonds is 7. The zero-order chi connectivity index (χ0) is 16.2. The van der Waals surface area contributed by atoms with Gasteiger partial charge in [0, 0.05) is 19.3 Å². The average molecular weight is 302 g/mol. The maximum absolute atomic E-state index is 12.0. The van der Waals surface area contributed by atoms with E-state index in [0.29, 0.717) is 12.8 Å². The third-order valence-electron chi connectivity index (χ3n) is 3.45. The van der Waals surface area contributed by atoms with Gasteiger partial charge in [-0.25, -0.2) is 4.79 Å². The van der Waals surface area contributed by atoms with E-state index < -0.39 is 35.4 Å². The molecule has 1 aliphatic heterocycles. The summed E-state index contributed by atoms with van der Waals surface area (Å²) in [4.78, 5) is 45.5. The van der Waals surface area contributed by atoms with E-state index in [-0.39, 0.29) is 25.8 Å². The summed E-state index contributed by atoms with van der Waals surface area (Å²) in [7, 11) is 0. The Labute approximate surface area is 120 Å². The van der Waals surface area contributed by atoms with Gasteiger partial charge >= 0.3 is 17.9 Å². The summed E-state index contributed by atoms with van der Waals surface area (Å²) in [5.74, 6) is -4.15. The van der Waals surface area contributed by atoms with Gasteiger partial charge in [0.15, 0.2) is 0 Å². The van der Waals surface area contributed by atoms with Crippen LogP contribution in [-0.4, -0.2) is 62.2 Å². The van der Waals surface area contributed by atoms with E-state index in [4.69, 9.17) is 21.1 Å². The van der Waals surface area contributed by atoms with Crippen molar-refractivity contribution in [2.45, 2.75) is 43.7 Å². The first-order valence-electron chi connectivity index (χ1n) is 6.44. The van der Waals surface area contributed by atoms with Gasteiger partial charge in [-0.2, -0.15) is 0 Å². The lowest BCUT2D eigenvalue weighted by molar-refractivity contribution is -0.148. The molecule has 1 unspecified atom stereocenters. The SMILES string of the molecule is N[C@@]1(C(=O)O)CC(C(=O)O)N(C(=O)CCCCC(=O)O)C1. The molecule has 0 aliphatic carbocycles. The lowest BCUT2D eigenvalue weighted by Gasteiger charge is -2.22. The monoisotopic (exact) mass is 302 g/mol. The second-order valence-electron chi connectivity index (χ2n) is 5.14. The third-order valence-corrected chi connectivity index (χ3v) is 3.45. The van der Waals surface area contributed by atoms with Crippen molar-refractivity contribution in [2.24, 2.45) is 5.73 Å². The highest BCUT2D eigenvalue weighted by molar-refractivity contribution is 5.89. The predicted octanol–water partition coefficient (Wildman–Crippen LogP) is -0.901. The van der Waals surface area contributed by atoms with E-state index >= 15 is 0 Å². The number of aliphatic carboxylic acids is 3. The molecule has 1 heterocycles. The number of hydrogen-bond acceptors (Lipinski definition) is 5. The molecule has 1 aliphatic rings. The van der Waals surface area contributed by atoms with Crippen LogP contribution in [0.25, 0.3) is 0 Å². The Morgan fingerprint density at radius 1 is 1.10 bits per heavy atom. The fourth-order valence-corrected chi connectivity index (χ4v) is 2.27. The highest BCUT2D eigenvalue weighted by atomic mass is 16.4. The summed E-state index contributed by atoms with van der Waals surface area (Å²) < 4.78 is 0. The van der Waals surface area contributed by atoms with Crippen LogP contribution in [0.15, 0.2) is 0 Å². The first kappa shape index (κ1) is 16.9. The largest absolute Gasteiger partial charge is 0.481 e. The van der Waals surface area contributed by atoms with Gasteiger partial charge in [-0.15, -0.1) is 0 Å². The number of carbonyl (C=O) groups excluding carboxylic acids is 1. The second kappa shape index (κ2) is 6.53. The van der Waals surface area contributed by atoms with E-state index in [2.05, 4.69) is 0 Å². The first-order chi connectivity index (χ1) is 9.67. The normalized spacial score (nSPS) is 24.8. The van der Waals surface area contributed by atoms with Crippen LogP contribution in [0.4, 0.5) is 0 Å². The minimum Gasteiger partial charge on any atom is -0.481 e. The number of carbonyl (C=O) groups is 4. The lowest BCUT2D eigenvalue weighted by Crippen LogP contribution is -2.50. The Hall–Kier alpha value is -2.16. The molecule has 1 rings (SSSR count). The fraction of sp³-hybridized carbons (Fsp3) is 0.667. The summed E-state index contributed by atoms with van der Waals surface area (Å²) in [5, 5.41) is 26.6. The van der Waals surface area contributed by atoms with Gasteiger partial charge in [-0.05, 0) is 12.8 Å². The Balaban J connectivity index is 2.66. The standard InChI is InChI=1S/C12H18N2O7/c13-12(11(20)21)5-7(10(18)19)14(6-12)8(15)3-1-2-4-9(16)17/h7H,1-6,13H2,(H,16,17)(H,18,19)(H,20,21)/t7?,12-/m0/s1. The molecule has 21 heavy (non-hydrogen) atoms. The van der Waals surface area contributed by atoms with Crippen LogP contribution in [-0.2, 0) is 19.2 Å². The van der Waals surface area contributed by atoms with Gasteiger partial charge in [-0.1, -0.05) is 0 Å². The summed E-state index contributed by atoms with van der Waals surface area (Å²) in [6.45, 7) is -0.364. The van der Waals surface area contributed by atoms with E-state index in [9.17, 15) is 19.2 Å². The molecular weight excluding hydrogens is 284 g/mol. The average Bonchev–Trinajstić information content (AvgIpc) is 2.74. The van der Waals surface area contributed by atoms with Gasteiger partial charge in [0.2, 0.25) is 5.91 Å². The van der Waals surface area contributed by atoms with Crippen LogP contribution in [0.3, 0.4) is 0 Å². The van der Waals surface area contributed by atoms with Crippen molar-refractivity contribution in [1.82, 2.24) is 4.90 Å². The smallest absolute Gasteiger partial charge is 0.326 e. The minimum atomic E-state index is -1.76. The molecule has 0 radical (unpaired) electrons. The Morgan fingerprint density at radius 2 is 1.67 bits per heavy atom. The van der Waals surface area contributed by atoms with Crippen molar-refractivity contribution in [2.75, 3.05) is 6.54 Å². The van der Waals surface area contributed by atoms with Crippen molar-refractivity contribution >= 4 is 23.8 Å². The topological polar surface area (TPSA) is 158 Å². The molecule has 1 amide bonds. The molecule has 1 saturated heterocycles. The summed E-state index contributed by atoms with van der Waals surface area (Å²) in [6, 6.07) is -1.27. The predicted molar refractivity (Wildman–Crippen MR) is 68.4 cm³/mol. The maximum Gasteiger partial charge on any atom is 0.326 e. The van der Waals surface area contributed by atoms with Gasteiger partial charge in [0.25, 0.3) is 0 Å². The van der Waals surface area contributed by atoms with E-state index in [1.165, 1.54) is 0 Å². The minimum absolute atomic E-state index is 0.0350. The van der Waals surface area contributed by atoms with Crippen LogP contribution in [0.1, 0.15) is 32.1 Å². The molecule has 9 nitrogen and oxygen atoms in total. The van der Waals surface area contributed by atoms with Crippen LogP contribution in [0.5, 0.6) is 0 Å². The molecule has 0 spiro atoms. The molecule has 0 aromatic rings. The van der Waals surface area contributed by atoms with Gasteiger partial charge < -0.3 is 26.0 Å². The fourth-order valence-electron chi connectivity index (χ4n) is 2.27.